The van der Waals surface area contributed by atoms with Gasteiger partial charge in [0.05, 0.1) is 29.7 Å². The van der Waals surface area contributed by atoms with E-state index in [1.807, 2.05) is 86.7 Å². The highest BCUT2D eigenvalue weighted by molar-refractivity contribution is 5.92. The van der Waals surface area contributed by atoms with Gasteiger partial charge in [-0.25, -0.2) is 4.98 Å². The maximum absolute atomic E-state index is 13.9. The van der Waals surface area contributed by atoms with E-state index in [0.29, 0.717) is 34.7 Å². The number of fused-ring (bicyclic) bond motifs is 1. The molecule has 1 atom stereocenters. The Bertz CT molecular complexity index is 1490. The highest BCUT2D eigenvalue weighted by Crippen LogP contribution is 2.29. The first kappa shape index (κ1) is 25.9. The second-order valence-electron chi connectivity index (χ2n) is 9.61. The Morgan fingerprint density at radius 2 is 1.73 bits per heavy atom. The van der Waals surface area contributed by atoms with Gasteiger partial charge in [0.25, 0.3) is 5.56 Å². The molecule has 0 aliphatic heterocycles. The molecule has 0 fully saturated rings. The number of nitrogens with zero attached hydrogens (tertiary/aromatic N) is 3. The summed E-state index contributed by atoms with van der Waals surface area (Å²) in [5.74, 6) is 1.11. The van der Waals surface area contributed by atoms with Gasteiger partial charge in [0.15, 0.2) is 0 Å². The fourth-order valence-corrected chi connectivity index (χ4v) is 4.44. The molecule has 4 rings (SSSR count). The molecule has 0 radical (unpaired) electrons. The third kappa shape index (κ3) is 5.64. The Morgan fingerprint density at radius 1 is 1.03 bits per heavy atom. The smallest absolute Gasteiger partial charge is 0.266 e. The lowest BCUT2D eigenvalue weighted by molar-refractivity contribution is -0.128. The highest BCUT2D eigenvalue weighted by Gasteiger charge is 2.27. The monoisotopic (exact) mass is 495 g/mol. The molecule has 1 heterocycles. The van der Waals surface area contributed by atoms with Crippen LogP contribution < -0.4 is 10.3 Å². The highest BCUT2D eigenvalue weighted by atomic mass is 16.5. The van der Waals surface area contributed by atoms with Crippen molar-refractivity contribution in [1.82, 2.24) is 14.5 Å². The van der Waals surface area contributed by atoms with Gasteiger partial charge in [-0.15, -0.1) is 0 Å². The molecule has 0 saturated heterocycles. The molecule has 0 N–H and O–H groups in total. The van der Waals surface area contributed by atoms with Crippen LogP contribution in [-0.4, -0.2) is 34.0 Å². The summed E-state index contributed by atoms with van der Waals surface area (Å²) in [7, 11) is 1.58. The average Bonchev–Trinajstić information content (AvgIpc) is 2.90. The van der Waals surface area contributed by atoms with Crippen molar-refractivity contribution in [2.75, 3.05) is 13.7 Å². The van der Waals surface area contributed by atoms with Crippen LogP contribution in [-0.2, 0) is 4.79 Å². The normalized spacial score (nSPS) is 12.3. The first-order valence-corrected chi connectivity index (χ1v) is 12.5. The largest absolute Gasteiger partial charge is 0.495 e. The zero-order chi connectivity index (χ0) is 26.5. The van der Waals surface area contributed by atoms with Gasteiger partial charge >= 0.3 is 0 Å². The Morgan fingerprint density at radius 3 is 2.43 bits per heavy atom. The number of amides is 1. The average molecular weight is 496 g/mol. The van der Waals surface area contributed by atoms with Gasteiger partial charge in [0, 0.05) is 12.6 Å². The van der Waals surface area contributed by atoms with Crippen LogP contribution in [0.1, 0.15) is 43.8 Å². The van der Waals surface area contributed by atoms with E-state index >= 15 is 0 Å². The zero-order valence-corrected chi connectivity index (χ0v) is 22.0. The van der Waals surface area contributed by atoms with Crippen LogP contribution in [0.5, 0.6) is 5.75 Å². The quantitative estimate of drug-likeness (QED) is 0.283. The van der Waals surface area contributed by atoms with Gasteiger partial charge < -0.3 is 9.64 Å². The minimum atomic E-state index is -0.488. The number of hydrogen-bond donors (Lipinski definition) is 0. The van der Waals surface area contributed by atoms with E-state index in [9.17, 15) is 9.59 Å². The summed E-state index contributed by atoms with van der Waals surface area (Å²) < 4.78 is 7.23. The number of aryl methyl sites for hydroxylation is 1. The van der Waals surface area contributed by atoms with Crippen LogP contribution in [0.15, 0.2) is 83.7 Å². The van der Waals surface area contributed by atoms with E-state index < -0.39 is 6.04 Å². The predicted octanol–water partition coefficient (Wildman–Crippen LogP) is 5.96. The van der Waals surface area contributed by atoms with Gasteiger partial charge in [-0.3, -0.25) is 14.2 Å². The second-order valence-corrected chi connectivity index (χ2v) is 9.61. The molecule has 6 heteroatoms. The van der Waals surface area contributed by atoms with Gasteiger partial charge in [-0.1, -0.05) is 62.4 Å². The second kappa shape index (κ2) is 11.2. The Kier molecular flexibility index (Phi) is 7.87. The first-order valence-electron chi connectivity index (χ1n) is 12.5. The molecule has 1 aromatic heterocycles. The van der Waals surface area contributed by atoms with Crippen molar-refractivity contribution in [3.05, 3.63) is 106 Å². The summed E-state index contributed by atoms with van der Waals surface area (Å²) >= 11 is 0. The molecule has 0 aliphatic carbocycles. The number of hydrogen-bond acceptors (Lipinski definition) is 4. The van der Waals surface area contributed by atoms with E-state index in [1.54, 1.807) is 28.7 Å². The summed E-state index contributed by atoms with van der Waals surface area (Å²) in [6, 6.07) is 22.2. The summed E-state index contributed by atoms with van der Waals surface area (Å²) in [5.41, 5.74) is 2.92. The predicted molar refractivity (Wildman–Crippen MR) is 149 cm³/mol. The van der Waals surface area contributed by atoms with Crippen LogP contribution in [0, 0.1) is 12.8 Å². The van der Waals surface area contributed by atoms with Crippen molar-refractivity contribution in [3.8, 4) is 11.4 Å². The van der Waals surface area contributed by atoms with E-state index in [4.69, 9.17) is 9.72 Å². The maximum Gasteiger partial charge on any atom is 0.266 e. The number of benzene rings is 3. The van der Waals surface area contributed by atoms with Crippen molar-refractivity contribution >= 4 is 22.9 Å². The summed E-state index contributed by atoms with van der Waals surface area (Å²) in [6.07, 6.45) is 3.40. The maximum atomic E-state index is 13.9. The van der Waals surface area contributed by atoms with Gasteiger partial charge in [0.1, 0.15) is 11.6 Å². The molecule has 1 unspecified atom stereocenters. The molecule has 190 valence electrons. The molecule has 4 aromatic rings. The van der Waals surface area contributed by atoms with Crippen molar-refractivity contribution < 1.29 is 9.53 Å². The summed E-state index contributed by atoms with van der Waals surface area (Å²) in [6.45, 7) is 8.53. The van der Waals surface area contributed by atoms with Crippen LogP contribution in [0.25, 0.3) is 22.7 Å². The molecule has 3 aromatic carbocycles. The number of carbonyl (C=O) groups excluding carboxylic acids is 1. The Labute approximate surface area is 217 Å². The third-order valence-corrected chi connectivity index (χ3v) is 6.28. The first-order chi connectivity index (χ1) is 17.8. The van der Waals surface area contributed by atoms with Crippen LogP contribution in [0.2, 0.25) is 0 Å². The van der Waals surface area contributed by atoms with Crippen molar-refractivity contribution in [2.24, 2.45) is 5.92 Å². The van der Waals surface area contributed by atoms with Crippen molar-refractivity contribution in [3.63, 3.8) is 0 Å². The van der Waals surface area contributed by atoms with Crippen LogP contribution in [0.3, 0.4) is 0 Å². The zero-order valence-electron chi connectivity index (χ0n) is 22.0. The molecule has 0 saturated carbocycles. The Hall–Kier alpha value is -4.19. The molecule has 1 amide bonds. The third-order valence-electron chi connectivity index (χ3n) is 6.28. The van der Waals surface area contributed by atoms with Crippen molar-refractivity contribution in [1.29, 1.82) is 0 Å². The fraction of sp³-hybridized carbons (Fsp3) is 0.258. The number of ether oxygens (including phenoxy) is 1. The number of carbonyl (C=O) groups is 1. The van der Waals surface area contributed by atoms with Gasteiger partial charge in [-0.2, -0.15) is 0 Å². The number of aromatic nitrogens is 2. The van der Waals surface area contributed by atoms with Gasteiger partial charge in [-0.05, 0) is 61.2 Å². The standard InChI is InChI=1S/C31H33N3O3/c1-21(2)20-33(29(35)18-16-24-11-7-6-8-12-24)23(4)30-32-26-14-10-9-13-25(26)31(36)34(30)27-19-22(3)15-17-28(27)37-5/h6-19,21,23H,20H2,1-5H3/b18-16+. The lowest BCUT2D eigenvalue weighted by Crippen LogP contribution is -2.38. The number of rotatable bonds is 8. The molecule has 0 spiro atoms. The molecular formula is C31H33N3O3. The van der Waals surface area contributed by atoms with Crippen LogP contribution in [0.4, 0.5) is 0 Å². The minimum absolute atomic E-state index is 0.143. The van der Waals surface area contributed by atoms with Gasteiger partial charge in [0.2, 0.25) is 5.91 Å². The Balaban J connectivity index is 1.89. The van der Waals surface area contributed by atoms with E-state index in [-0.39, 0.29) is 17.4 Å². The molecule has 0 bridgehead atoms. The van der Waals surface area contributed by atoms with E-state index in [0.717, 1.165) is 11.1 Å². The molecule has 0 aliphatic rings. The topological polar surface area (TPSA) is 64.4 Å². The SMILES string of the molecule is COc1ccc(C)cc1-n1c(C(C)N(CC(C)C)C(=O)/C=C/c2ccccc2)nc2ccccc2c1=O. The number of methoxy groups -OCH3 is 1. The lowest BCUT2D eigenvalue weighted by Gasteiger charge is -2.31. The fourth-order valence-electron chi connectivity index (χ4n) is 4.44. The summed E-state index contributed by atoms with van der Waals surface area (Å²) in [5, 5.41) is 0.507. The van der Waals surface area contributed by atoms with Crippen molar-refractivity contribution in [2.45, 2.75) is 33.7 Å². The van der Waals surface area contributed by atoms with E-state index in [1.165, 1.54) is 0 Å². The van der Waals surface area contributed by atoms with E-state index in [2.05, 4.69) is 13.8 Å². The number of para-hydroxylation sites is 1. The summed E-state index contributed by atoms with van der Waals surface area (Å²) in [4.78, 5) is 34.2. The molecule has 37 heavy (non-hydrogen) atoms. The molecule has 6 nitrogen and oxygen atoms in total. The lowest BCUT2D eigenvalue weighted by atomic mass is 10.1. The minimum Gasteiger partial charge on any atom is -0.495 e. The van der Waals surface area contributed by atoms with Crippen LogP contribution >= 0.6 is 0 Å². The molecular weight excluding hydrogens is 462 g/mol.